The number of pyridine rings is 4. The average molecular weight is 590 g/mol. The van der Waals surface area contributed by atoms with E-state index in [1.165, 1.54) is 12.7 Å². The molecule has 0 saturated carbocycles. The minimum Gasteiger partial charge on any atom is -0.254 e. The molecule has 0 saturated heterocycles. The van der Waals surface area contributed by atoms with Crippen molar-refractivity contribution in [1.29, 1.82) is 0 Å². The van der Waals surface area contributed by atoms with Crippen LogP contribution in [-0.2, 0) is 0 Å². The minimum absolute atomic E-state index is 0.562. The zero-order valence-electron chi connectivity index (χ0n) is 24.4. The van der Waals surface area contributed by atoms with Gasteiger partial charge in [0.05, 0.1) is 33.5 Å². The van der Waals surface area contributed by atoms with Crippen molar-refractivity contribution in [3.8, 4) is 45.2 Å². The smallest absolute Gasteiger partial charge is 0.181 e. The summed E-state index contributed by atoms with van der Waals surface area (Å²) < 4.78 is 0. The van der Waals surface area contributed by atoms with Gasteiger partial charge in [-0.15, -0.1) is 0 Å². The van der Waals surface area contributed by atoms with Crippen LogP contribution in [0.4, 0.5) is 0 Å². The zero-order chi connectivity index (χ0) is 30.5. The van der Waals surface area contributed by atoms with Gasteiger partial charge in [0.1, 0.15) is 18.3 Å². The fraction of sp³-hybridized carbons (Fsp3) is 0. The van der Waals surface area contributed by atoms with E-state index < -0.39 is 0 Å². The van der Waals surface area contributed by atoms with Crippen LogP contribution in [-0.4, -0.2) is 34.9 Å². The van der Waals surface area contributed by atoms with Crippen LogP contribution >= 0.6 is 0 Å². The first-order chi connectivity index (χ1) is 22.7. The second-order valence-corrected chi connectivity index (χ2v) is 11.2. The van der Waals surface area contributed by atoms with Crippen LogP contribution in [0.1, 0.15) is 0 Å². The summed E-state index contributed by atoms with van der Waals surface area (Å²) in [5, 5.41) is 4.31. The molecular weight excluding hydrogens is 566 g/mol. The number of fused-ring (bicyclic) bond motifs is 5. The number of aromatic nitrogens is 7. The van der Waals surface area contributed by atoms with Gasteiger partial charge in [0, 0.05) is 38.9 Å². The molecule has 0 amide bonds. The second kappa shape index (κ2) is 10.6. The first-order valence-electron chi connectivity index (χ1n) is 14.9. The van der Waals surface area contributed by atoms with E-state index in [2.05, 4.69) is 123 Å². The summed E-state index contributed by atoms with van der Waals surface area (Å²) in [5.41, 5.74) is 10.6. The Morgan fingerprint density at radius 1 is 0.370 bits per heavy atom. The molecule has 4 aromatic carbocycles. The third-order valence-electron chi connectivity index (χ3n) is 8.34. The summed E-state index contributed by atoms with van der Waals surface area (Å²) >= 11 is 0. The van der Waals surface area contributed by atoms with E-state index in [4.69, 9.17) is 15.0 Å². The number of benzene rings is 4. The van der Waals surface area contributed by atoms with Crippen molar-refractivity contribution in [3.05, 3.63) is 140 Å². The molecule has 9 rings (SSSR count). The van der Waals surface area contributed by atoms with E-state index >= 15 is 0 Å². The number of hydrogen-bond acceptors (Lipinski definition) is 7. The number of rotatable bonds is 4. The van der Waals surface area contributed by atoms with Crippen molar-refractivity contribution in [1.82, 2.24) is 34.9 Å². The third-order valence-corrected chi connectivity index (χ3v) is 8.34. The van der Waals surface area contributed by atoms with Gasteiger partial charge in [0.15, 0.2) is 5.82 Å². The molecule has 0 N–H and O–H groups in total. The lowest BCUT2D eigenvalue weighted by atomic mass is 10.0. The Kier molecular flexibility index (Phi) is 5.99. The van der Waals surface area contributed by atoms with Crippen molar-refractivity contribution in [2.24, 2.45) is 0 Å². The monoisotopic (exact) mass is 589 g/mol. The molecule has 0 bridgehead atoms. The molecule has 0 aliphatic rings. The summed E-state index contributed by atoms with van der Waals surface area (Å²) in [6.45, 7) is 0. The van der Waals surface area contributed by atoms with E-state index in [-0.39, 0.29) is 0 Å². The summed E-state index contributed by atoms with van der Waals surface area (Å²) in [6, 6.07) is 41.8. The van der Waals surface area contributed by atoms with Crippen molar-refractivity contribution in [2.75, 3.05) is 0 Å². The Balaban J connectivity index is 0.993. The molecule has 46 heavy (non-hydrogen) atoms. The molecule has 0 spiro atoms. The lowest BCUT2D eigenvalue weighted by Gasteiger charge is -2.09. The largest absolute Gasteiger partial charge is 0.254 e. The first kappa shape index (κ1) is 26.0. The van der Waals surface area contributed by atoms with Gasteiger partial charge in [-0.05, 0) is 59.7 Å². The van der Waals surface area contributed by atoms with Gasteiger partial charge >= 0.3 is 0 Å². The lowest BCUT2D eigenvalue weighted by Crippen LogP contribution is -1.92. The molecule has 5 aromatic heterocycles. The maximum atomic E-state index is 5.00. The van der Waals surface area contributed by atoms with Crippen LogP contribution in [0.3, 0.4) is 0 Å². The Morgan fingerprint density at radius 2 is 0.891 bits per heavy atom. The summed E-state index contributed by atoms with van der Waals surface area (Å²) in [7, 11) is 0. The lowest BCUT2D eigenvalue weighted by molar-refractivity contribution is 1.05. The van der Waals surface area contributed by atoms with Crippen LogP contribution in [0, 0.1) is 0 Å². The van der Waals surface area contributed by atoms with Gasteiger partial charge in [-0.3, -0.25) is 4.98 Å². The molecular formula is C39H23N7. The minimum atomic E-state index is 0.562. The number of nitrogens with zero attached hydrogens (tertiary/aromatic N) is 7. The second-order valence-electron chi connectivity index (χ2n) is 11.2. The molecule has 214 valence electrons. The summed E-state index contributed by atoms with van der Waals surface area (Å²) in [6.07, 6.45) is 4.78. The SMILES string of the molecule is c1cnc2c(c1)ccc1ccc(-c3ccc(-c4ccc5cc(-c6ccc7nc(-c8ncncn8)ccc7c6)ccc5n4)cc3)nc12. The van der Waals surface area contributed by atoms with E-state index in [0.29, 0.717) is 5.82 Å². The van der Waals surface area contributed by atoms with Gasteiger partial charge in [-0.2, -0.15) is 0 Å². The van der Waals surface area contributed by atoms with Crippen LogP contribution in [0.25, 0.3) is 88.8 Å². The van der Waals surface area contributed by atoms with Crippen molar-refractivity contribution >= 4 is 43.6 Å². The standard InChI is InChI=1S/C39H23N7/c1-2-26-7-8-27-9-14-33(46-38(27)37(26)41-19-1)25-5-3-24(4-6-25)32-17-12-30-20-28(10-15-34(30)44-32)29-11-16-35-31(21-29)13-18-36(45-35)39-42-22-40-23-43-39/h1-23H. The van der Waals surface area contributed by atoms with Crippen LogP contribution in [0.15, 0.2) is 140 Å². The van der Waals surface area contributed by atoms with Crippen LogP contribution < -0.4 is 0 Å². The quantitative estimate of drug-likeness (QED) is 0.190. The normalized spacial score (nSPS) is 11.5. The van der Waals surface area contributed by atoms with Gasteiger partial charge in [-0.1, -0.05) is 72.8 Å². The van der Waals surface area contributed by atoms with Crippen molar-refractivity contribution in [2.45, 2.75) is 0 Å². The van der Waals surface area contributed by atoms with Gasteiger partial charge in [0.25, 0.3) is 0 Å². The topological polar surface area (TPSA) is 90.2 Å². The highest BCUT2D eigenvalue weighted by Gasteiger charge is 2.10. The van der Waals surface area contributed by atoms with Crippen molar-refractivity contribution < 1.29 is 0 Å². The fourth-order valence-electron chi connectivity index (χ4n) is 5.96. The molecule has 0 unspecified atom stereocenters. The third kappa shape index (κ3) is 4.58. The van der Waals surface area contributed by atoms with E-state index in [0.717, 1.165) is 82.9 Å². The van der Waals surface area contributed by atoms with Gasteiger partial charge in [0.2, 0.25) is 0 Å². The Hall–Kier alpha value is -6.47. The predicted molar refractivity (Wildman–Crippen MR) is 183 cm³/mol. The Morgan fingerprint density at radius 3 is 1.57 bits per heavy atom. The Bertz CT molecular complexity index is 2580. The highest BCUT2D eigenvalue weighted by Crippen LogP contribution is 2.31. The first-order valence-corrected chi connectivity index (χ1v) is 14.9. The van der Waals surface area contributed by atoms with Crippen LogP contribution in [0.5, 0.6) is 0 Å². The molecule has 7 heteroatoms. The molecule has 0 atom stereocenters. The fourth-order valence-corrected chi connectivity index (χ4v) is 5.96. The van der Waals surface area contributed by atoms with Gasteiger partial charge < -0.3 is 0 Å². The predicted octanol–water partition coefficient (Wildman–Crippen LogP) is 8.73. The molecule has 9 aromatic rings. The summed E-state index contributed by atoms with van der Waals surface area (Å²) in [4.78, 5) is 31.6. The molecule has 0 fully saturated rings. The average Bonchev–Trinajstić information content (AvgIpc) is 3.14. The molecule has 5 heterocycles. The maximum Gasteiger partial charge on any atom is 0.181 e. The Labute approximate surface area is 263 Å². The van der Waals surface area contributed by atoms with Crippen LogP contribution in [0.2, 0.25) is 0 Å². The molecule has 0 aliphatic heterocycles. The highest BCUT2D eigenvalue weighted by atomic mass is 15.0. The zero-order valence-corrected chi connectivity index (χ0v) is 24.4. The van der Waals surface area contributed by atoms with Crippen molar-refractivity contribution in [3.63, 3.8) is 0 Å². The number of hydrogen-bond donors (Lipinski definition) is 0. The van der Waals surface area contributed by atoms with Gasteiger partial charge in [-0.25, -0.2) is 29.9 Å². The maximum absolute atomic E-state index is 5.00. The van der Waals surface area contributed by atoms with E-state index in [1.807, 2.05) is 24.4 Å². The molecule has 7 nitrogen and oxygen atoms in total. The molecule has 0 aliphatic carbocycles. The molecule has 0 radical (unpaired) electrons. The highest BCUT2D eigenvalue weighted by molar-refractivity contribution is 6.03. The summed E-state index contributed by atoms with van der Waals surface area (Å²) in [5.74, 6) is 0.562. The van der Waals surface area contributed by atoms with E-state index in [1.54, 1.807) is 0 Å². The van der Waals surface area contributed by atoms with E-state index in [9.17, 15) is 0 Å².